The molecule has 1 N–H and O–H groups in total. The molecule has 0 bridgehead atoms. The maximum Gasteiger partial charge on any atom is 0.264 e. The Balaban J connectivity index is 1.43. The fourth-order valence-electron chi connectivity index (χ4n) is 4.27. The van der Waals surface area contributed by atoms with Gasteiger partial charge in [-0.2, -0.15) is 4.31 Å². The third-order valence-corrected chi connectivity index (χ3v) is 8.66. The zero-order chi connectivity index (χ0) is 22.0. The summed E-state index contributed by atoms with van der Waals surface area (Å²) in [5, 5.41) is 4.69. The van der Waals surface area contributed by atoms with Crippen LogP contribution in [0.1, 0.15) is 42.3 Å². The molecule has 1 unspecified atom stereocenters. The zero-order valence-electron chi connectivity index (χ0n) is 17.5. The topological polar surface area (TPSA) is 86.8 Å². The van der Waals surface area contributed by atoms with Crippen LogP contribution in [0.5, 0.6) is 0 Å². The van der Waals surface area contributed by atoms with E-state index in [1.807, 2.05) is 11.4 Å². The maximum absolute atomic E-state index is 12.9. The molecule has 1 aromatic carbocycles. The van der Waals surface area contributed by atoms with E-state index in [1.165, 1.54) is 23.5 Å². The molecular formula is C22H27N3O4S2. The van der Waals surface area contributed by atoms with Gasteiger partial charge in [-0.15, -0.1) is 11.3 Å². The van der Waals surface area contributed by atoms with Crippen LogP contribution in [0.15, 0.2) is 46.7 Å². The van der Waals surface area contributed by atoms with Crippen LogP contribution in [0.2, 0.25) is 0 Å². The van der Waals surface area contributed by atoms with E-state index in [0.717, 1.165) is 19.3 Å². The quantitative estimate of drug-likeness (QED) is 0.739. The summed E-state index contributed by atoms with van der Waals surface area (Å²) >= 11 is 1.37. The van der Waals surface area contributed by atoms with E-state index in [9.17, 15) is 18.0 Å². The number of benzene rings is 1. The molecule has 2 aliphatic heterocycles. The van der Waals surface area contributed by atoms with Gasteiger partial charge in [0.05, 0.1) is 9.77 Å². The lowest BCUT2D eigenvalue weighted by Gasteiger charge is -2.30. The van der Waals surface area contributed by atoms with Gasteiger partial charge in [0.15, 0.2) is 0 Å². The molecule has 1 aromatic heterocycles. The highest BCUT2D eigenvalue weighted by Gasteiger charge is 2.35. The van der Waals surface area contributed by atoms with E-state index in [-0.39, 0.29) is 16.7 Å². The van der Waals surface area contributed by atoms with Crippen molar-refractivity contribution in [3.05, 3.63) is 46.7 Å². The minimum atomic E-state index is -3.53. The highest BCUT2D eigenvalue weighted by Crippen LogP contribution is 2.26. The highest BCUT2D eigenvalue weighted by atomic mass is 32.2. The number of rotatable bonds is 5. The third kappa shape index (κ3) is 4.68. The number of nitrogens with zero attached hydrogens (tertiary/aromatic N) is 2. The first-order chi connectivity index (χ1) is 14.9. The number of piperidine rings is 1. The Labute approximate surface area is 187 Å². The van der Waals surface area contributed by atoms with E-state index in [1.54, 1.807) is 27.4 Å². The summed E-state index contributed by atoms with van der Waals surface area (Å²) in [6.45, 7) is 3.70. The Morgan fingerprint density at radius 2 is 1.81 bits per heavy atom. The number of anilines is 1. The molecular weight excluding hydrogens is 434 g/mol. The summed E-state index contributed by atoms with van der Waals surface area (Å²) in [5.41, 5.74) is 0.520. The molecule has 2 fully saturated rings. The van der Waals surface area contributed by atoms with Crippen LogP contribution in [-0.2, 0) is 14.8 Å². The number of carbonyl (C=O) groups excluding carboxylic acids is 2. The van der Waals surface area contributed by atoms with Gasteiger partial charge in [-0.05, 0) is 67.3 Å². The van der Waals surface area contributed by atoms with Crippen molar-refractivity contribution in [3.8, 4) is 0 Å². The van der Waals surface area contributed by atoms with Crippen LogP contribution in [-0.4, -0.2) is 55.1 Å². The average Bonchev–Trinajstić information content (AvgIpc) is 3.46. The SMILES string of the molecule is CC1CCCN(S(=O)(=O)c2ccc(NC(=O)[C@@H]3CCCN3C(=O)c3cccs3)cc2)C1. The molecule has 4 rings (SSSR count). The number of thiophene rings is 1. The predicted octanol–water partition coefficient (Wildman–Crippen LogP) is 3.41. The van der Waals surface area contributed by atoms with Gasteiger partial charge < -0.3 is 10.2 Å². The van der Waals surface area contributed by atoms with Gasteiger partial charge >= 0.3 is 0 Å². The minimum Gasteiger partial charge on any atom is -0.326 e. The second-order valence-corrected chi connectivity index (χ2v) is 11.1. The first kappa shape index (κ1) is 22.0. The molecule has 2 aliphatic rings. The Morgan fingerprint density at radius 3 is 2.48 bits per heavy atom. The maximum atomic E-state index is 12.9. The molecule has 3 heterocycles. The molecule has 2 amide bonds. The number of nitrogens with one attached hydrogen (secondary N) is 1. The molecule has 0 radical (unpaired) electrons. The lowest BCUT2D eigenvalue weighted by molar-refractivity contribution is -0.119. The van der Waals surface area contributed by atoms with Crippen molar-refractivity contribution < 1.29 is 18.0 Å². The van der Waals surface area contributed by atoms with Crippen LogP contribution in [0.4, 0.5) is 5.69 Å². The van der Waals surface area contributed by atoms with Gasteiger partial charge in [0.2, 0.25) is 15.9 Å². The molecule has 2 atom stereocenters. The number of likely N-dealkylation sites (tertiary alicyclic amines) is 1. The fraction of sp³-hybridized carbons (Fsp3) is 0.455. The molecule has 166 valence electrons. The summed E-state index contributed by atoms with van der Waals surface area (Å²) in [7, 11) is -3.53. The number of amides is 2. The molecule has 9 heteroatoms. The second-order valence-electron chi connectivity index (χ2n) is 8.26. The first-order valence-corrected chi connectivity index (χ1v) is 12.9. The average molecular weight is 462 g/mol. The minimum absolute atomic E-state index is 0.121. The predicted molar refractivity (Wildman–Crippen MR) is 121 cm³/mol. The van der Waals surface area contributed by atoms with Crippen LogP contribution >= 0.6 is 11.3 Å². The Kier molecular flexibility index (Phi) is 6.45. The van der Waals surface area contributed by atoms with Gasteiger partial charge in [0, 0.05) is 25.3 Å². The van der Waals surface area contributed by atoms with Gasteiger partial charge in [0.1, 0.15) is 6.04 Å². The van der Waals surface area contributed by atoms with Gasteiger partial charge in [-0.25, -0.2) is 8.42 Å². The molecule has 0 saturated carbocycles. The van der Waals surface area contributed by atoms with E-state index in [4.69, 9.17) is 0 Å². The van der Waals surface area contributed by atoms with E-state index in [2.05, 4.69) is 12.2 Å². The fourth-order valence-corrected chi connectivity index (χ4v) is 6.55. The van der Waals surface area contributed by atoms with Crippen molar-refractivity contribution >= 4 is 38.9 Å². The van der Waals surface area contributed by atoms with Crippen molar-refractivity contribution in [1.82, 2.24) is 9.21 Å². The first-order valence-electron chi connectivity index (χ1n) is 10.6. The molecule has 0 aliphatic carbocycles. The van der Waals surface area contributed by atoms with Gasteiger partial charge in [-0.3, -0.25) is 9.59 Å². The lowest BCUT2D eigenvalue weighted by atomic mass is 10.0. The van der Waals surface area contributed by atoms with E-state index in [0.29, 0.717) is 42.5 Å². The van der Waals surface area contributed by atoms with Crippen molar-refractivity contribution in [2.75, 3.05) is 25.0 Å². The molecule has 7 nitrogen and oxygen atoms in total. The summed E-state index contributed by atoms with van der Waals surface area (Å²) in [5.74, 6) is -0.0129. The van der Waals surface area contributed by atoms with E-state index < -0.39 is 16.1 Å². The summed E-state index contributed by atoms with van der Waals surface area (Å²) in [6, 6.07) is 9.36. The largest absolute Gasteiger partial charge is 0.326 e. The second kappa shape index (κ2) is 9.10. The number of hydrogen-bond acceptors (Lipinski definition) is 5. The van der Waals surface area contributed by atoms with Crippen molar-refractivity contribution in [2.24, 2.45) is 5.92 Å². The van der Waals surface area contributed by atoms with Crippen LogP contribution in [0, 0.1) is 5.92 Å². The normalized spacial score (nSPS) is 22.4. The molecule has 0 spiro atoms. The van der Waals surface area contributed by atoms with Gasteiger partial charge in [0.25, 0.3) is 5.91 Å². The lowest BCUT2D eigenvalue weighted by Crippen LogP contribution is -2.43. The Morgan fingerprint density at radius 1 is 1.06 bits per heavy atom. The van der Waals surface area contributed by atoms with Gasteiger partial charge in [-0.1, -0.05) is 13.0 Å². The summed E-state index contributed by atoms with van der Waals surface area (Å²) < 4.78 is 27.3. The molecule has 2 saturated heterocycles. The van der Waals surface area contributed by atoms with Crippen LogP contribution in [0.3, 0.4) is 0 Å². The van der Waals surface area contributed by atoms with Crippen molar-refractivity contribution in [2.45, 2.75) is 43.5 Å². The number of sulfonamides is 1. The number of carbonyl (C=O) groups is 2. The van der Waals surface area contributed by atoms with Crippen LogP contribution in [0.25, 0.3) is 0 Å². The number of hydrogen-bond donors (Lipinski definition) is 1. The summed E-state index contributed by atoms with van der Waals surface area (Å²) in [6.07, 6.45) is 3.31. The third-order valence-electron chi connectivity index (χ3n) is 5.93. The standard InChI is InChI=1S/C22H27N3O4S2/c1-16-5-2-12-24(15-16)31(28,29)18-10-8-17(9-11-18)23-21(26)19-6-3-13-25(19)22(27)20-7-4-14-30-20/h4,7-11,14,16,19H,2-3,5-6,12-13,15H2,1H3,(H,23,26)/t16?,19-/m0/s1. The summed E-state index contributed by atoms with van der Waals surface area (Å²) in [4.78, 5) is 28.0. The Hall–Kier alpha value is -2.23. The van der Waals surface area contributed by atoms with E-state index >= 15 is 0 Å². The smallest absolute Gasteiger partial charge is 0.264 e. The highest BCUT2D eigenvalue weighted by molar-refractivity contribution is 7.89. The van der Waals surface area contributed by atoms with Crippen molar-refractivity contribution in [3.63, 3.8) is 0 Å². The molecule has 2 aromatic rings. The Bertz CT molecular complexity index is 1040. The monoisotopic (exact) mass is 461 g/mol. The van der Waals surface area contributed by atoms with Crippen LogP contribution < -0.4 is 5.32 Å². The van der Waals surface area contributed by atoms with Crippen molar-refractivity contribution in [1.29, 1.82) is 0 Å². The zero-order valence-corrected chi connectivity index (χ0v) is 19.1. The molecule has 31 heavy (non-hydrogen) atoms.